The second-order valence-electron chi connectivity index (χ2n) is 5.03. The van der Waals surface area contributed by atoms with E-state index < -0.39 is 11.6 Å². The molecule has 1 unspecified atom stereocenters. The van der Waals surface area contributed by atoms with Crippen LogP contribution in [-0.4, -0.2) is 7.11 Å². The molecule has 110 valence electrons. The number of fused-ring (bicyclic) bond motifs is 1. The van der Waals surface area contributed by atoms with E-state index in [1.54, 1.807) is 7.11 Å². The van der Waals surface area contributed by atoms with Crippen LogP contribution in [0.2, 0.25) is 0 Å². The highest BCUT2D eigenvalue weighted by Crippen LogP contribution is 2.39. The van der Waals surface area contributed by atoms with Crippen LogP contribution >= 0.6 is 15.9 Å². The molecule has 0 aromatic heterocycles. The number of methoxy groups -OCH3 is 1. The first kappa shape index (κ1) is 14.3. The molecular formula is C16H14BrF2NO. The van der Waals surface area contributed by atoms with Crippen LogP contribution in [0.4, 0.5) is 14.5 Å². The van der Waals surface area contributed by atoms with E-state index in [4.69, 9.17) is 4.74 Å². The van der Waals surface area contributed by atoms with E-state index in [1.807, 2.05) is 24.3 Å². The van der Waals surface area contributed by atoms with Gasteiger partial charge in [-0.2, -0.15) is 0 Å². The van der Waals surface area contributed by atoms with Gasteiger partial charge >= 0.3 is 0 Å². The van der Waals surface area contributed by atoms with Crippen LogP contribution in [0.5, 0.6) is 5.75 Å². The van der Waals surface area contributed by atoms with Crippen molar-refractivity contribution in [2.45, 2.75) is 18.9 Å². The van der Waals surface area contributed by atoms with Crippen LogP contribution < -0.4 is 10.1 Å². The zero-order valence-corrected chi connectivity index (χ0v) is 13.0. The molecule has 3 rings (SSSR count). The fraction of sp³-hybridized carbons (Fsp3) is 0.250. The number of hydrogen-bond acceptors (Lipinski definition) is 2. The Morgan fingerprint density at radius 3 is 2.86 bits per heavy atom. The van der Waals surface area contributed by atoms with Crippen molar-refractivity contribution >= 4 is 21.6 Å². The van der Waals surface area contributed by atoms with E-state index in [0.717, 1.165) is 23.3 Å². The minimum Gasteiger partial charge on any atom is -0.497 e. The SMILES string of the molecule is COc1cccc(C2CCc3cc(F)c(F)c(Br)c3N2)c1. The Labute approximate surface area is 130 Å². The fourth-order valence-corrected chi connectivity index (χ4v) is 3.21. The number of halogens is 3. The number of benzene rings is 2. The van der Waals surface area contributed by atoms with Crippen molar-refractivity contribution in [2.75, 3.05) is 12.4 Å². The summed E-state index contributed by atoms with van der Waals surface area (Å²) in [6.07, 6.45) is 1.51. The second kappa shape index (κ2) is 5.64. The molecule has 1 N–H and O–H groups in total. The van der Waals surface area contributed by atoms with Gasteiger partial charge in [0.2, 0.25) is 0 Å². The summed E-state index contributed by atoms with van der Waals surface area (Å²) in [6, 6.07) is 9.07. The Hall–Kier alpha value is -1.62. The van der Waals surface area contributed by atoms with E-state index in [-0.39, 0.29) is 10.5 Å². The number of nitrogens with one attached hydrogen (secondary N) is 1. The Balaban J connectivity index is 1.95. The summed E-state index contributed by atoms with van der Waals surface area (Å²) in [5, 5.41) is 3.29. The van der Waals surface area contributed by atoms with Gasteiger partial charge in [-0.1, -0.05) is 12.1 Å². The van der Waals surface area contributed by atoms with Crippen LogP contribution in [0.3, 0.4) is 0 Å². The molecule has 1 aliphatic heterocycles. The first-order valence-electron chi connectivity index (χ1n) is 6.67. The molecule has 0 spiro atoms. The van der Waals surface area contributed by atoms with Gasteiger partial charge < -0.3 is 10.1 Å². The van der Waals surface area contributed by atoms with Gasteiger partial charge in [0.15, 0.2) is 11.6 Å². The van der Waals surface area contributed by atoms with Crippen molar-refractivity contribution < 1.29 is 13.5 Å². The Morgan fingerprint density at radius 1 is 1.29 bits per heavy atom. The molecule has 2 nitrogen and oxygen atoms in total. The highest BCUT2D eigenvalue weighted by molar-refractivity contribution is 9.10. The molecule has 0 aliphatic carbocycles. The summed E-state index contributed by atoms with van der Waals surface area (Å²) >= 11 is 3.14. The van der Waals surface area contributed by atoms with Gasteiger partial charge in [-0.25, -0.2) is 8.78 Å². The molecule has 1 heterocycles. The summed E-state index contributed by atoms with van der Waals surface area (Å²) in [6.45, 7) is 0. The highest BCUT2D eigenvalue weighted by atomic mass is 79.9. The minimum atomic E-state index is -0.854. The molecule has 1 aliphatic rings. The molecular weight excluding hydrogens is 340 g/mol. The third-order valence-corrected chi connectivity index (χ3v) is 4.51. The Bertz CT molecular complexity index is 690. The molecule has 0 saturated heterocycles. The number of ether oxygens (including phenoxy) is 1. The lowest BCUT2D eigenvalue weighted by molar-refractivity contribution is 0.413. The zero-order chi connectivity index (χ0) is 15.0. The molecule has 0 bridgehead atoms. The van der Waals surface area contributed by atoms with Gasteiger partial charge in [0.05, 0.1) is 23.3 Å². The van der Waals surface area contributed by atoms with E-state index in [1.165, 1.54) is 6.07 Å². The van der Waals surface area contributed by atoms with Gasteiger partial charge in [-0.3, -0.25) is 0 Å². The highest BCUT2D eigenvalue weighted by Gasteiger charge is 2.24. The molecule has 21 heavy (non-hydrogen) atoms. The molecule has 2 aromatic rings. The summed E-state index contributed by atoms with van der Waals surface area (Å²) in [5.41, 5.74) is 2.49. The maximum absolute atomic E-state index is 13.7. The summed E-state index contributed by atoms with van der Waals surface area (Å²) in [4.78, 5) is 0. The van der Waals surface area contributed by atoms with E-state index >= 15 is 0 Å². The van der Waals surface area contributed by atoms with Gasteiger partial charge in [-0.05, 0) is 58.1 Å². The third kappa shape index (κ3) is 2.62. The molecule has 5 heteroatoms. The molecule has 1 atom stereocenters. The Morgan fingerprint density at radius 2 is 2.10 bits per heavy atom. The first-order chi connectivity index (χ1) is 10.1. The predicted molar refractivity (Wildman–Crippen MR) is 81.7 cm³/mol. The monoisotopic (exact) mass is 353 g/mol. The second-order valence-corrected chi connectivity index (χ2v) is 5.83. The molecule has 2 aromatic carbocycles. The summed E-state index contributed by atoms with van der Waals surface area (Å²) in [5.74, 6) is -0.890. The van der Waals surface area contributed by atoms with Gasteiger partial charge in [-0.15, -0.1) is 0 Å². The van der Waals surface area contributed by atoms with Crippen LogP contribution in [-0.2, 0) is 6.42 Å². The van der Waals surface area contributed by atoms with Crippen LogP contribution in [0.1, 0.15) is 23.6 Å². The number of anilines is 1. The topological polar surface area (TPSA) is 21.3 Å². The van der Waals surface area contributed by atoms with Gasteiger partial charge in [0.1, 0.15) is 5.75 Å². The molecule has 0 amide bonds. The minimum absolute atomic E-state index is 0.0498. The third-order valence-electron chi connectivity index (χ3n) is 3.76. The van der Waals surface area contributed by atoms with Gasteiger partial charge in [0, 0.05) is 0 Å². The maximum Gasteiger partial charge on any atom is 0.175 e. The van der Waals surface area contributed by atoms with E-state index in [0.29, 0.717) is 12.1 Å². The predicted octanol–water partition coefficient (Wildman–Crippen LogP) is 4.84. The maximum atomic E-state index is 13.7. The van der Waals surface area contributed by atoms with Crippen LogP contribution in [0, 0.1) is 11.6 Å². The lowest BCUT2D eigenvalue weighted by atomic mass is 9.93. The molecule has 0 saturated carbocycles. The normalized spacial score (nSPS) is 17.0. The average molecular weight is 354 g/mol. The van der Waals surface area contributed by atoms with Crippen molar-refractivity contribution in [1.29, 1.82) is 0 Å². The quantitative estimate of drug-likeness (QED) is 0.780. The zero-order valence-electron chi connectivity index (χ0n) is 11.4. The van der Waals surface area contributed by atoms with E-state index in [9.17, 15) is 8.78 Å². The summed E-state index contributed by atoms with van der Waals surface area (Å²) in [7, 11) is 1.62. The lowest BCUT2D eigenvalue weighted by Crippen LogP contribution is -2.19. The Kier molecular flexibility index (Phi) is 3.85. The van der Waals surface area contributed by atoms with Gasteiger partial charge in [0.25, 0.3) is 0 Å². The van der Waals surface area contributed by atoms with Crippen molar-refractivity contribution in [3.05, 3.63) is 57.6 Å². The van der Waals surface area contributed by atoms with Crippen LogP contribution in [0.15, 0.2) is 34.8 Å². The standard InChI is InChI=1S/C16H14BrF2NO/c1-21-11-4-2-3-9(7-11)13-6-5-10-8-12(18)15(19)14(17)16(10)20-13/h2-4,7-8,13,20H,5-6H2,1H3. The van der Waals surface area contributed by atoms with Crippen molar-refractivity contribution in [2.24, 2.45) is 0 Å². The lowest BCUT2D eigenvalue weighted by Gasteiger charge is -2.28. The van der Waals surface area contributed by atoms with E-state index in [2.05, 4.69) is 21.2 Å². The van der Waals surface area contributed by atoms with Crippen LogP contribution in [0.25, 0.3) is 0 Å². The first-order valence-corrected chi connectivity index (χ1v) is 7.46. The fourth-order valence-electron chi connectivity index (χ4n) is 2.65. The van der Waals surface area contributed by atoms with Crippen molar-refractivity contribution in [3.8, 4) is 5.75 Å². The number of rotatable bonds is 2. The molecule has 0 fully saturated rings. The van der Waals surface area contributed by atoms with Crippen molar-refractivity contribution in [1.82, 2.24) is 0 Å². The van der Waals surface area contributed by atoms with Crippen molar-refractivity contribution in [3.63, 3.8) is 0 Å². The number of aryl methyl sites for hydroxylation is 1. The molecule has 0 radical (unpaired) electrons. The summed E-state index contributed by atoms with van der Waals surface area (Å²) < 4.78 is 32.5. The largest absolute Gasteiger partial charge is 0.497 e. The number of hydrogen-bond donors (Lipinski definition) is 1. The smallest absolute Gasteiger partial charge is 0.175 e. The average Bonchev–Trinajstić information content (AvgIpc) is 2.52.